The van der Waals surface area contributed by atoms with Crippen LogP contribution in [0.3, 0.4) is 0 Å². The fraction of sp³-hybridized carbons (Fsp3) is 0.438. The van der Waals surface area contributed by atoms with Gasteiger partial charge < -0.3 is 5.32 Å². The number of aromatic nitrogens is 1. The van der Waals surface area contributed by atoms with Crippen molar-refractivity contribution < 1.29 is 0 Å². The van der Waals surface area contributed by atoms with E-state index < -0.39 is 0 Å². The van der Waals surface area contributed by atoms with Crippen molar-refractivity contribution in [3.63, 3.8) is 0 Å². The Labute approximate surface area is 119 Å². The van der Waals surface area contributed by atoms with E-state index in [1.165, 1.54) is 21.6 Å². The maximum absolute atomic E-state index is 4.52. The fourth-order valence-corrected chi connectivity index (χ4v) is 3.01. The van der Waals surface area contributed by atoms with Gasteiger partial charge in [-0.1, -0.05) is 30.7 Å². The summed E-state index contributed by atoms with van der Waals surface area (Å²) in [7, 11) is 0. The highest BCUT2D eigenvalue weighted by molar-refractivity contribution is 7.15. The van der Waals surface area contributed by atoms with Crippen LogP contribution in [0.4, 0.5) is 5.13 Å². The molecular weight excluding hydrogens is 252 g/mol. The van der Waals surface area contributed by atoms with Gasteiger partial charge in [0.1, 0.15) is 0 Å². The average Bonchev–Trinajstić information content (AvgIpc) is 2.69. The number of thiazole rings is 1. The van der Waals surface area contributed by atoms with Crippen LogP contribution in [0.2, 0.25) is 0 Å². The van der Waals surface area contributed by atoms with E-state index in [-0.39, 0.29) is 0 Å². The second-order valence-electron chi connectivity index (χ2n) is 5.30. The smallest absolute Gasteiger partial charge is 0.183 e. The van der Waals surface area contributed by atoms with Crippen LogP contribution in [-0.4, -0.2) is 11.5 Å². The van der Waals surface area contributed by atoms with Crippen molar-refractivity contribution in [3.8, 4) is 0 Å². The number of anilines is 1. The van der Waals surface area contributed by atoms with Gasteiger partial charge in [-0.2, -0.15) is 0 Å². The van der Waals surface area contributed by atoms with Crippen LogP contribution in [0.15, 0.2) is 18.2 Å². The minimum Gasteiger partial charge on any atom is -0.361 e. The van der Waals surface area contributed by atoms with Crippen molar-refractivity contribution in [2.24, 2.45) is 0 Å². The van der Waals surface area contributed by atoms with Gasteiger partial charge in [-0.15, -0.1) is 11.3 Å². The standard InChI is InChI=1S/C16H22N2S/c1-10-6-7-11(2)15(8-10)12(3)9-17-16-18-13(4)14(5)19-16/h6-8,12H,9H2,1-5H3,(H,17,18). The van der Waals surface area contributed by atoms with Crippen molar-refractivity contribution in [3.05, 3.63) is 45.5 Å². The number of hydrogen-bond donors (Lipinski definition) is 1. The molecule has 3 heteroatoms. The first-order chi connectivity index (χ1) is 8.97. The Kier molecular flexibility index (Phi) is 4.25. The predicted octanol–water partition coefficient (Wildman–Crippen LogP) is 4.59. The van der Waals surface area contributed by atoms with Crippen molar-refractivity contribution in [1.29, 1.82) is 0 Å². The van der Waals surface area contributed by atoms with Gasteiger partial charge in [0.25, 0.3) is 0 Å². The summed E-state index contributed by atoms with van der Waals surface area (Å²) in [6.45, 7) is 11.7. The third-order valence-electron chi connectivity index (χ3n) is 3.55. The minimum atomic E-state index is 0.490. The van der Waals surface area contributed by atoms with Crippen LogP contribution in [0.5, 0.6) is 0 Å². The Hall–Kier alpha value is -1.35. The summed E-state index contributed by atoms with van der Waals surface area (Å²) < 4.78 is 0. The number of hydrogen-bond acceptors (Lipinski definition) is 3. The van der Waals surface area contributed by atoms with Gasteiger partial charge in [-0.3, -0.25) is 0 Å². The van der Waals surface area contributed by atoms with Crippen molar-refractivity contribution >= 4 is 16.5 Å². The van der Waals surface area contributed by atoms with E-state index in [9.17, 15) is 0 Å². The Morgan fingerprint density at radius 3 is 2.58 bits per heavy atom. The molecule has 0 aliphatic rings. The van der Waals surface area contributed by atoms with E-state index in [4.69, 9.17) is 0 Å². The molecule has 0 radical (unpaired) electrons. The van der Waals surface area contributed by atoms with E-state index in [2.05, 4.69) is 63.1 Å². The van der Waals surface area contributed by atoms with Gasteiger partial charge in [-0.05, 0) is 44.7 Å². The summed E-state index contributed by atoms with van der Waals surface area (Å²) in [6, 6.07) is 6.67. The van der Waals surface area contributed by atoms with Gasteiger partial charge in [0.05, 0.1) is 5.69 Å². The molecule has 0 amide bonds. The molecule has 0 saturated heterocycles. The van der Waals surface area contributed by atoms with Crippen LogP contribution in [0, 0.1) is 27.7 Å². The molecule has 19 heavy (non-hydrogen) atoms. The van der Waals surface area contributed by atoms with Crippen LogP contribution in [0.25, 0.3) is 0 Å². The molecule has 2 rings (SSSR count). The van der Waals surface area contributed by atoms with Gasteiger partial charge in [-0.25, -0.2) is 4.98 Å². The summed E-state index contributed by atoms with van der Waals surface area (Å²) in [5.74, 6) is 0.490. The molecule has 0 fully saturated rings. The van der Waals surface area contributed by atoms with Crippen LogP contribution in [0.1, 0.15) is 40.1 Å². The van der Waals surface area contributed by atoms with E-state index >= 15 is 0 Å². The third kappa shape index (κ3) is 3.35. The molecule has 0 aliphatic heterocycles. The highest BCUT2D eigenvalue weighted by Crippen LogP contribution is 2.24. The van der Waals surface area contributed by atoms with Crippen LogP contribution < -0.4 is 5.32 Å². The van der Waals surface area contributed by atoms with Crippen molar-refractivity contribution in [2.75, 3.05) is 11.9 Å². The number of aryl methyl sites for hydroxylation is 4. The molecule has 2 nitrogen and oxygen atoms in total. The monoisotopic (exact) mass is 274 g/mol. The first-order valence-corrected chi connectivity index (χ1v) is 7.54. The molecule has 1 atom stereocenters. The van der Waals surface area contributed by atoms with E-state index in [1.807, 2.05) is 0 Å². The van der Waals surface area contributed by atoms with E-state index in [0.29, 0.717) is 5.92 Å². The maximum atomic E-state index is 4.52. The molecule has 1 heterocycles. The van der Waals surface area contributed by atoms with Crippen molar-refractivity contribution in [1.82, 2.24) is 4.98 Å². The zero-order chi connectivity index (χ0) is 14.0. The molecular formula is C16H22N2S. The lowest BCUT2D eigenvalue weighted by Crippen LogP contribution is -2.11. The van der Waals surface area contributed by atoms with Gasteiger partial charge in [0.2, 0.25) is 0 Å². The lowest BCUT2D eigenvalue weighted by Gasteiger charge is -2.16. The average molecular weight is 274 g/mol. The number of nitrogens with one attached hydrogen (secondary N) is 1. The molecule has 0 aliphatic carbocycles. The summed E-state index contributed by atoms with van der Waals surface area (Å²) in [5, 5.41) is 4.49. The molecule has 1 N–H and O–H groups in total. The third-order valence-corrected chi connectivity index (χ3v) is 4.58. The summed E-state index contributed by atoms with van der Waals surface area (Å²) in [6.07, 6.45) is 0. The Balaban J connectivity index is 2.04. The molecule has 2 aromatic rings. The second-order valence-corrected chi connectivity index (χ2v) is 6.51. The number of nitrogens with zero attached hydrogens (tertiary/aromatic N) is 1. The van der Waals surface area contributed by atoms with Crippen LogP contribution in [-0.2, 0) is 0 Å². The minimum absolute atomic E-state index is 0.490. The molecule has 0 spiro atoms. The van der Waals surface area contributed by atoms with Gasteiger partial charge in [0.15, 0.2) is 5.13 Å². The summed E-state index contributed by atoms with van der Waals surface area (Å²) in [4.78, 5) is 5.82. The maximum Gasteiger partial charge on any atom is 0.183 e. The number of rotatable bonds is 4. The first kappa shape index (κ1) is 14.1. The lowest BCUT2D eigenvalue weighted by molar-refractivity contribution is 0.795. The second kappa shape index (κ2) is 5.74. The Morgan fingerprint density at radius 1 is 1.21 bits per heavy atom. The first-order valence-electron chi connectivity index (χ1n) is 6.72. The zero-order valence-electron chi connectivity index (χ0n) is 12.4. The Bertz CT molecular complexity index is 553. The summed E-state index contributed by atoms with van der Waals surface area (Å²) in [5.41, 5.74) is 5.25. The molecule has 102 valence electrons. The predicted molar refractivity (Wildman–Crippen MR) is 84.4 cm³/mol. The summed E-state index contributed by atoms with van der Waals surface area (Å²) >= 11 is 1.74. The molecule has 1 aromatic heterocycles. The lowest BCUT2D eigenvalue weighted by atomic mass is 9.95. The topological polar surface area (TPSA) is 24.9 Å². The fourth-order valence-electron chi connectivity index (χ4n) is 2.19. The SMILES string of the molecule is Cc1ccc(C)c(C(C)CNc2nc(C)c(C)s2)c1. The molecule has 0 saturated carbocycles. The van der Waals surface area contributed by atoms with Crippen molar-refractivity contribution in [2.45, 2.75) is 40.5 Å². The quantitative estimate of drug-likeness (QED) is 0.882. The molecule has 1 unspecified atom stereocenters. The molecule has 0 bridgehead atoms. The largest absolute Gasteiger partial charge is 0.361 e. The van der Waals surface area contributed by atoms with Crippen LogP contribution >= 0.6 is 11.3 Å². The number of benzene rings is 1. The Morgan fingerprint density at radius 2 is 1.95 bits per heavy atom. The molecule has 1 aromatic carbocycles. The zero-order valence-corrected chi connectivity index (χ0v) is 13.2. The van der Waals surface area contributed by atoms with Gasteiger partial charge in [0, 0.05) is 11.4 Å². The van der Waals surface area contributed by atoms with Gasteiger partial charge >= 0.3 is 0 Å². The normalized spacial score (nSPS) is 12.5. The van der Waals surface area contributed by atoms with E-state index in [1.54, 1.807) is 11.3 Å². The highest BCUT2D eigenvalue weighted by atomic mass is 32.1. The van der Waals surface area contributed by atoms with E-state index in [0.717, 1.165) is 17.4 Å². The highest BCUT2D eigenvalue weighted by Gasteiger charge is 2.10.